The summed E-state index contributed by atoms with van der Waals surface area (Å²) in [5.74, 6) is 1.08. The predicted molar refractivity (Wildman–Crippen MR) is 68.9 cm³/mol. The third kappa shape index (κ3) is 2.84. The molecule has 0 N–H and O–H groups in total. The van der Waals surface area contributed by atoms with Crippen LogP contribution in [0.5, 0.6) is 0 Å². The van der Waals surface area contributed by atoms with Gasteiger partial charge in [0, 0.05) is 36.7 Å². The normalized spacial score (nSPS) is 25.6. The van der Waals surface area contributed by atoms with Gasteiger partial charge in [0.05, 0.1) is 0 Å². The Balaban J connectivity index is 1.91. The molecule has 2 aliphatic heterocycles. The van der Waals surface area contributed by atoms with Crippen LogP contribution in [0.25, 0.3) is 0 Å². The highest BCUT2D eigenvalue weighted by molar-refractivity contribution is 8.00. The molecule has 3 nitrogen and oxygen atoms in total. The molecule has 0 bridgehead atoms. The molecule has 0 unspecified atom stereocenters. The predicted octanol–water partition coefficient (Wildman–Crippen LogP) is 2.42. The molecule has 0 atom stereocenters. The molecule has 2 heterocycles. The monoisotopic (exact) mass is 242 g/mol. The molecular formula is C12H22N2OS. The number of hydrogen-bond acceptors (Lipinski definition) is 2. The van der Waals surface area contributed by atoms with Crippen LogP contribution >= 0.6 is 11.8 Å². The Kier molecular flexibility index (Phi) is 3.67. The molecule has 0 radical (unpaired) electrons. The SMILES string of the molecule is CC1(C)CCN(C(=O)N2CCCC2)CCS1. The summed E-state index contributed by atoms with van der Waals surface area (Å²) < 4.78 is 0.333. The van der Waals surface area contributed by atoms with E-state index in [1.807, 2.05) is 21.6 Å². The Hall–Kier alpha value is -0.380. The number of rotatable bonds is 0. The van der Waals surface area contributed by atoms with Crippen LogP contribution < -0.4 is 0 Å². The zero-order valence-electron chi connectivity index (χ0n) is 10.4. The van der Waals surface area contributed by atoms with Crippen molar-refractivity contribution >= 4 is 17.8 Å². The van der Waals surface area contributed by atoms with Gasteiger partial charge in [-0.1, -0.05) is 13.8 Å². The van der Waals surface area contributed by atoms with Crippen molar-refractivity contribution in [3.8, 4) is 0 Å². The van der Waals surface area contributed by atoms with Crippen molar-refractivity contribution in [2.24, 2.45) is 0 Å². The zero-order valence-corrected chi connectivity index (χ0v) is 11.2. The number of thioether (sulfide) groups is 1. The average molecular weight is 242 g/mol. The number of likely N-dealkylation sites (tertiary alicyclic amines) is 1. The van der Waals surface area contributed by atoms with Crippen LogP contribution in [0.1, 0.15) is 33.1 Å². The number of carbonyl (C=O) groups excluding carboxylic acids is 1. The van der Waals surface area contributed by atoms with E-state index < -0.39 is 0 Å². The van der Waals surface area contributed by atoms with Crippen molar-refractivity contribution in [3.63, 3.8) is 0 Å². The minimum atomic E-state index is 0.274. The lowest BCUT2D eigenvalue weighted by Gasteiger charge is -2.27. The first-order chi connectivity index (χ1) is 7.58. The van der Waals surface area contributed by atoms with Gasteiger partial charge in [-0.2, -0.15) is 11.8 Å². The lowest BCUT2D eigenvalue weighted by molar-refractivity contribution is 0.165. The molecule has 92 valence electrons. The molecule has 2 amide bonds. The van der Waals surface area contributed by atoms with E-state index in [1.54, 1.807) is 0 Å². The van der Waals surface area contributed by atoms with Crippen LogP contribution in [0.2, 0.25) is 0 Å². The van der Waals surface area contributed by atoms with E-state index in [-0.39, 0.29) is 6.03 Å². The summed E-state index contributed by atoms with van der Waals surface area (Å²) in [4.78, 5) is 16.3. The van der Waals surface area contributed by atoms with Gasteiger partial charge < -0.3 is 9.80 Å². The molecule has 2 saturated heterocycles. The molecule has 16 heavy (non-hydrogen) atoms. The smallest absolute Gasteiger partial charge is 0.320 e. The van der Waals surface area contributed by atoms with E-state index >= 15 is 0 Å². The average Bonchev–Trinajstić information content (AvgIpc) is 2.69. The molecule has 0 aromatic carbocycles. The van der Waals surface area contributed by atoms with E-state index in [0.717, 1.165) is 38.4 Å². The first kappa shape index (κ1) is 12.1. The fourth-order valence-corrected chi connectivity index (χ4v) is 3.42. The number of hydrogen-bond donors (Lipinski definition) is 0. The molecular weight excluding hydrogens is 220 g/mol. The Morgan fingerprint density at radius 2 is 1.69 bits per heavy atom. The number of urea groups is 1. The molecule has 2 aliphatic rings. The van der Waals surface area contributed by atoms with Gasteiger partial charge in [-0.3, -0.25) is 0 Å². The fraction of sp³-hybridized carbons (Fsp3) is 0.917. The fourth-order valence-electron chi connectivity index (χ4n) is 2.32. The zero-order chi connectivity index (χ0) is 11.6. The van der Waals surface area contributed by atoms with Crippen LogP contribution in [0.15, 0.2) is 0 Å². The lowest BCUT2D eigenvalue weighted by atomic mass is 10.1. The molecule has 0 saturated carbocycles. The van der Waals surface area contributed by atoms with Crippen LogP contribution in [-0.2, 0) is 0 Å². The second kappa shape index (κ2) is 4.86. The molecule has 2 rings (SSSR count). The van der Waals surface area contributed by atoms with Crippen molar-refractivity contribution < 1.29 is 4.79 Å². The standard InChI is InChI=1S/C12H22N2OS/c1-12(2)5-8-14(9-10-16-12)11(15)13-6-3-4-7-13/h3-10H2,1-2H3. The highest BCUT2D eigenvalue weighted by Gasteiger charge is 2.29. The maximum atomic E-state index is 12.2. The van der Waals surface area contributed by atoms with Gasteiger partial charge in [0.2, 0.25) is 0 Å². The Labute approximate surface area is 103 Å². The van der Waals surface area contributed by atoms with Gasteiger partial charge in [-0.25, -0.2) is 4.79 Å². The van der Waals surface area contributed by atoms with Crippen molar-refractivity contribution in [1.29, 1.82) is 0 Å². The van der Waals surface area contributed by atoms with Crippen LogP contribution in [0.4, 0.5) is 4.79 Å². The summed E-state index contributed by atoms with van der Waals surface area (Å²) in [5.41, 5.74) is 0. The quantitative estimate of drug-likeness (QED) is 0.651. The second-order valence-electron chi connectivity index (χ2n) is 5.32. The van der Waals surface area contributed by atoms with E-state index in [0.29, 0.717) is 4.75 Å². The first-order valence-electron chi connectivity index (χ1n) is 6.26. The summed E-state index contributed by atoms with van der Waals surface area (Å²) in [6.45, 7) is 8.33. The van der Waals surface area contributed by atoms with Gasteiger partial charge in [0.15, 0.2) is 0 Å². The highest BCUT2D eigenvalue weighted by Crippen LogP contribution is 2.31. The van der Waals surface area contributed by atoms with Crippen LogP contribution in [-0.4, -0.2) is 52.5 Å². The van der Waals surface area contributed by atoms with E-state index in [4.69, 9.17) is 0 Å². The van der Waals surface area contributed by atoms with Crippen molar-refractivity contribution in [2.45, 2.75) is 37.9 Å². The lowest BCUT2D eigenvalue weighted by Crippen LogP contribution is -2.43. The van der Waals surface area contributed by atoms with E-state index in [2.05, 4.69) is 13.8 Å². The Morgan fingerprint density at radius 3 is 2.38 bits per heavy atom. The molecule has 0 aliphatic carbocycles. The highest BCUT2D eigenvalue weighted by atomic mass is 32.2. The number of nitrogens with zero attached hydrogens (tertiary/aromatic N) is 2. The summed E-state index contributed by atoms with van der Waals surface area (Å²) in [7, 11) is 0. The number of amides is 2. The Bertz CT molecular complexity index is 262. The van der Waals surface area contributed by atoms with E-state index in [9.17, 15) is 4.79 Å². The minimum Gasteiger partial charge on any atom is -0.325 e. The maximum absolute atomic E-state index is 12.2. The molecule has 2 fully saturated rings. The van der Waals surface area contributed by atoms with Crippen molar-refractivity contribution in [1.82, 2.24) is 9.80 Å². The molecule has 0 spiro atoms. The summed E-state index contributed by atoms with van der Waals surface area (Å²) in [6, 6.07) is 0.274. The van der Waals surface area contributed by atoms with Crippen LogP contribution in [0.3, 0.4) is 0 Å². The molecule has 0 aromatic rings. The summed E-state index contributed by atoms with van der Waals surface area (Å²) in [5, 5.41) is 0. The van der Waals surface area contributed by atoms with E-state index in [1.165, 1.54) is 12.8 Å². The molecule has 4 heteroatoms. The second-order valence-corrected chi connectivity index (χ2v) is 7.12. The van der Waals surface area contributed by atoms with Crippen molar-refractivity contribution in [2.75, 3.05) is 31.9 Å². The molecule has 0 aromatic heterocycles. The van der Waals surface area contributed by atoms with Gasteiger partial charge in [-0.15, -0.1) is 0 Å². The number of carbonyl (C=O) groups is 1. The largest absolute Gasteiger partial charge is 0.325 e. The third-order valence-electron chi connectivity index (χ3n) is 3.48. The van der Waals surface area contributed by atoms with Gasteiger partial charge in [0.1, 0.15) is 0 Å². The third-order valence-corrected chi connectivity index (χ3v) is 4.86. The Morgan fingerprint density at radius 1 is 1.06 bits per heavy atom. The summed E-state index contributed by atoms with van der Waals surface area (Å²) >= 11 is 1.99. The minimum absolute atomic E-state index is 0.274. The van der Waals surface area contributed by atoms with Crippen molar-refractivity contribution in [3.05, 3.63) is 0 Å². The maximum Gasteiger partial charge on any atom is 0.320 e. The van der Waals surface area contributed by atoms with Crippen LogP contribution in [0, 0.1) is 0 Å². The van der Waals surface area contributed by atoms with Gasteiger partial charge in [-0.05, 0) is 19.3 Å². The van der Waals surface area contributed by atoms with Gasteiger partial charge >= 0.3 is 6.03 Å². The first-order valence-corrected chi connectivity index (χ1v) is 7.25. The van der Waals surface area contributed by atoms with Gasteiger partial charge in [0.25, 0.3) is 0 Å². The topological polar surface area (TPSA) is 23.6 Å². The summed E-state index contributed by atoms with van der Waals surface area (Å²) in [6.07, 6.45) is 3.47.